The van der Waals surface area contributed by atoms with Crippen molar-refractivity contribution in [3.05, 3.63) is 0 Å². The number of unbranched alkanes of at least 4 members (excludes halogenated alkanes) is 6. The van der Waals surface area contributed by atoms with Crippen LogP contribution in [0.15, 0.2) is 0 Å². The summed E-state index contributed by atoms with van der Waals surface area (Å²) in [6, 6.07) is 0. The highest BCUT2D eigenvalue weighted by Crippen LogP contribution is 2.44. The highest BCUT2D eigenvalue weighted by Gasteiger charge is 2.69. The zero-order chi connectivity index (χ0) is 20.5. The molecule has 0 unspecified atom stereocenters. The Hall–Kier alpha value is -0.535. The van der Waals surface area contributed by atoms with E-state index >= 15 is 0 Å². The fourth-order valence-electron chi connectivity index (χ4n) is 2.96. The number of rotatable bonds is 9. The molecular formula is C16H30BF8N. The van der Waals surface area contributed by atoms with Crippen molar-refractivity contribution < 1.29 is 39.4 Å². The topological polar surface area (TPSA) is 0 Å². The van der Waals surface area contributed by atoms with Crippen LogP contribution in [-0.4, -0.2) is 50.1 Å². The minimum Gasteiger partial charge on any atom is -0.445 e. The molecule has 0 aromatic carbocycles. The van der Waals surface area contributed by atoms with Gasteiger partial charge in [-0.15, -0.1) is 0 Å². The van der Waals surface area contributed by atoms with E-state index in [-0.39, 0.29) is 0 Å². The summed E-state index contributed by atoms with van der Waals surface area (Å²) in [6.07, 6.45) is 6.52. The Kier molecular flexibility index (Phi) is 10.5. The van der Waals surface area contributed by atoms with Crippen molar-refractivity contribution in [2.24, 2.45) is 0 Å². The average molecular weight is 399 g/mol. The van der Waals surface area contributed by atoms with Gasteiger partial charge >= 0.3 is 19.0 Å². The van der Waals surface area contributed by atoms with Crippen LogP contribution in [0.1, 0.15) is 64.7 Å². The maximum atomic E-state index is 11.2. The van der Waals surface area contributed by atoms with Crippen LogP contribution in [-0.2, 0) is 0 Å². The van der Waals surface area contributed by atoms with Crippen molar-refractivity contribution >= 4 is 6.98 Å². The molecule has 1 aliphatic heterocycles. The van der Waals surface area contributed by atoms with Gasteiger partial charge in [-0.2, -0.15) is 13.2 Å². The van der Waals surface area contributed by atoms with Gasteiger partial charge in [0.25, 0.3) is 0 Å². The minimum atomic E-state index is -7.21. The molecule has 0 saturated carbocycles. The largest absolute Gasteiger partial charge is 0.558 e. The maximum Gasteiger partial charge on any atom is 0.558 e. The van der Waals surface area contributed by atoms with Crippen LogP contribution in [0.4, 0.5) is 34.9 Å². The zero-order valence-electron chi connectivity index (χ0n) is 15.5. The summed E-state index contributed by atoms with van der Waals surface area (Å²) in [5, 5.41) is 0. The fraction of sp³-hybridized carbons (Fsp3) is 1.00. The van der Waals surface area contributed by atoms with Gasteiger partial charge in [-0.3, -0.25) is 0 Å². The zero-order valence-corrected chi connectivity index (χ0v) is 15.5. The van der Waals surface area contributed by atoms with Gasteiger partial charge in [0, 0.05) is 12.8 Å². The Balaban J connectivity index is 0.000000508. The van der Waals surface area contributed by atoms with Crippen LogP contribution in [0.3, 0.4) is 0 Å². The summed E-state index contributed by atoms with van der Waals surface area (Å²) in [7, 11) is 2.45. The molecule has 1 saturated heterocycles. The van der Waals surface area contributed by atoms with Gasteiger partial charge in [0.05, 0.1) is 26.7 Å². The number of halogens is 8. The standard InChI is InChI=1S/C14H30N.C2BF8/c1-3-4-5-6-7-8-9-12-15(2)13-10-11-14-15;4-1(5,2(6,7)8)3(9,10)11/h3-14H2,1-2H3;/q+1;-1. The molecule has 0 atom stereocenters. The second kappa shape index (κ2) is 10.7. The van der Waals surface area contributed by atoms with E-state index in [0.717, 1.165) is 0 Å². The van der Waals surface area contributed by atoms with Crippen molar-refractivity contribution in [1.82, 2.24) is 0 Å². The van der Waals surface area contributed by atoms with E-state index in [9.17, 15) is 34.9 Å². The number of likely N-dealkylation sites (tertiary alicyclic amines) is 1. The number of nitrogens with zero attached hydrogens (tertiary/aromatic N) is 1. The molecule has 0 amide bonds. The van der Waals surface area contributed by atoms with Crippen LogP contribution >= 0.6 is 0 Å². The molecule has 26 heavy (non-hydrogen) atoms. The molecule has 1 aliphatic rings. The van der Waals surface area contributed by atoms with Crippen molar-refractivity contribution in [1.29, 1.82) is 0 Å². The van der Waals surface area contributed by atoms with Crippen LogP contribution in [0.2, 0.25) is 0 Å². The van der Waals surface area contributed by atoms with Gasteiger partial charge in [0.1, 0.15) is 0 Å². The summed E-state index contributed by atoms with van der Waals surface area (Å²) >= 11 is 0. The van der Waals surface area contributed by atoms with Gasteiger partial charge in [0.2, 0.25) is 0 Å². The van der Waals surface area contributed by atoms with Crippen LogP contribution < -0.4 is 0 Å². The summed E-state index contributed by atoms with van der Waals surface area (Å²) in [6.45, 7) is -0.599. The lowest BCUT2D eigenvalue weighted by molar-refractivity contribution is -0.897. The van der Waals surface area contributed by atoms with Gasteiger partial charge < -0.3 is 17.4 Å². The first-order valence-corrected chi connectivity index (χ1v) is 9.24. The third-order valence-electron chi connectivity index (χ3n) is 4.74. The Morgan fingerprint density at radius 2 is 1.19 bits per heavy atom. The molecule has 0 aromatic rings. The van der Waals surface area contributed by atoms with Crippen LogP contribution in [0, 0.1) is 0 Å². The van der Waals surface area contributed by atoms with E-state index < -0.39 is 19.0 Å². The Morgan fingerprint density at radius 1 is 0.769 bits per heavy atom. The molecular weight excluding hydrogens is 369 g/mol. The summed E-state index contributed by atoms with van der Waals surface area (Å²) in [4.78, 5) is 0. The quantitative estimate of drug-likeness (QED) is 0.179. The first-order valence-electron chi connectivity index (χ1n) is 9.24. The van der Waals surface area contributed by atoms with Crippen molar-refractivity contribution in [3.8, 4) is 0 Å². The molecule has 10 heteroatoms. The van der Waals surface area contributed by atoms with E-state index in [4.69, 9.17) is 0 Å². The Labute approximate surface area is 150 Å². The van der Waals surface area contributed by atoms with Crippen molar-refractivity contribution in [2.45, 2.75) is 76.7 Å². The molecule has 0 aliphatic carbocycles. The van der Waals surface area contributed by atoms with E-state index in [2.05, 4.69) is 14.0 Å². The second-order valence-electron chi connectivity index (χ2n) is 7.31. The van der Waals surface area contributed by atoms with Gasteiger partial charge in [0.15, 0.2) is 0 Å². The lowest BCUT2D eigenvalue weighted by atomic mass is 9.80. The monoisotopic (exact) mass is 399 g/mol. The molecule has 0 bridgehead atoms. The summed E-state index contributed by atoms with van der Waals surface area (Å²) in [5.74, 6) is -6.56. The predicted octanol–water partition coefficient (Wildman–Crippen LogP) is 6.55. The van der Waals surface area contributed by atoms with Gasteiger partial charge in [-0.25, -0.2) is 8.78 Å². The summed E-state index contributed by atoms with van der Waals surface area (Å²) < 4.78 is 89.2. The SMILES string of the molecule is CCCCCCCCC[N+]1(C)CCCC1.F[B-](F)(F)C(F)(F)C(F)(F)F. The van der Waals surface area contributed by atoms with Crippen LogP contribution in [0.5, 0.6) is 0 Å². The van der Waals surface area contributed by atoms with Crippen molar-refractivity contribution in [2.75, 3.05) is 26.7 Å². The predicted molar refractivity (Wildman–Crippen MR) is 88.1 cm³/mol. The summed E-state index contributed by atoms with van der Waals surface area (Å²) in [5.41, 5.74) is 0. The highest BCUT2D eigenvalue weighted by atomic mass is 19.4. The number of hydrogen-bond acceptors (Lipinski definition) is 0. The van der Waals surface area contributed by atoms with Crippen molar-refractivity contribution in [3.63, 3.8) is 0 Å². The lowest BCUT2D eigenvalue weighted by Crippen LogP contribution is -2.53. The molecule has 0 N–H and O–H groups in total. The third-order valence-corrected chi connectivity index (χ3v) is 4.74. The smallest absolute Gasteiger partial charge is 0.445 e. The minimum absolute atomic E-state index is 1.37. The molecule has 0 spiro atoms. The van der Waals surface area contributed by atoms with E-state index in [1.807, 2.05) is 0 Å². The second-order valence-corrected chi connectivity index (χ2v) is 7.31. The Bertz CT molecular complexity index is 359. The van der Waals surface area contributed by atoms with Gasteiger partial charge in [-0.1, -0.05) is 39.0 Å². The Morgan fingerprint density at radius 3 is 1.54 bits per heavy atom. The van der Waals surface area contributed by atoms with E-state index in [1.54, 1.807) is 0 Å². The van der Waals surface area contributed by atoms with Gasteiger partial charge in [-0.05, 0) is 12.8 Å². The van der Waals surface area contributed by atoms with E-state index in [0.29, 0.717) is 0 Å². The molecule has 1 fully saturated rings. The first-order chi connectivity index (χ1) is 11.8. The number of alkyl halides is 5. The molecule has 0 radical (unpaired) electrons. The molecule has 158 valence electrons. The average Bonchev–Trinajstić information content (AvgIpc) is 2.92. The molecule has 0 aromatic heterocycles. The third kappa shape index (κ3) is 8.91. The lowest BCUT2D eigenvalue weighted by Gasteiger charge is -2.29. The fourth-order valence-corrected chi connectivity index (χ4v) is 2.96. The number of hydrogen-bond donors (Lipinski definition) is 0. The maximum absolute atomic E-state index is 11.2. The normalized spacial score (nSPS) is 17.8. The van der Waals surface area contributed by atoms with E-state index in [1.165, 1.54) is 81.9 Å². The first kappa shape index (κ1) is 25.5. The molecule has 1 rings (SSSR count). The molecule has 1 nitrogen and oxygen atoms in total. The number of quaternary nitrogens is 1. The highest BCUT2D eigenvalue weighted by molar-refractivity contribution is 6.61. The van der Waals surface area contributed by atoms with Crippen LogP contribution in [0.25, 0.3) is 0 Å². The molecule has 1 heterocycles.